The summed E-state index contributed by atoms with van der Waals surface area (Å²) in [6.45, 7) is 3.18. The minimum atomic E-state index is -0.389. The van der Waals surface area contributed by atoms with Gasteiger partial charge in [0.1, 0.15) is 11.5 Å². The molecular weight excluding hydrogens is 475 g/mol. The van der Waals surface area contributed by atoms with Gasteiger partial charge >= 0.3 is 0 Å². The van der Waals surface area contributed by atoms with Crippen molar-refractivity contribution in [1.82, 2.24) is 29.8 Å². The van der Waals surface area contributed by atoms with Gasteiger partial charge in [0, 0.05) is 48.7 Å². The van der Waals surface area contributed by atoms with Crippen LogP contribution in [-0.4, -0.2) is 79.1 Å². The fraction of sp³-hybridized carbons (Fsp3) is 0.333. The predicted octanol–water partition coefficient (Wildman–Crippen LogP) is 2.59. The Labute approximate surface area is 212 Å². The molecule has 190 valence electrons. The molecule has 2 aliphatic heterocycles. The van der Waals surface area contributed by atoms with Crippen LogP contribution in [-0.2, 0) is 0 Å². The van der Waals surface area contributed by atoms with Gasteiger partial charge in [-0.15, -0.1) is 5.10 Å². The summed E-state index contributed by atoms with van der Waals surface area (Å²) >= 11 is 0. The van der Waals surface area contributed by atoms with Crippen LogP contribution in [0.3, 0.4) is 0 Å². The molecule has 2 fully saturated rings. The van der Waals surface area contributed by atoms with E-state index < -0.39 is 0 Å². The molecule has 0 bridgehead atoms. The molecule has 1 amide bonds. The second kappa shape index (κ2) is 9.53. The second-order valence-electron chi connectivity index (χ2n) is 9.80. The Hall–Kier alpha value is -3.89. The maximum atomic E-state index is 13.6. The lowest BCUT2D eigenvalue weighted by Gasteiger charge is -2.34. The van der Waals surface area contributed by atoms with Crippen molar-refractivity contribution in [3.05, 3.63) is 76.5 Å². The summed E-state index contributed by atoms with van der Waals surface area (Å²) < 4.78 is 15.2. The third-order valence-electron chi connectivity index (χ3n) is 7.42. The van der Waals surface area contributed by atoms with Crippen LogP contribution in [0.5, 0.6) is 0 Å². The van der Waals surface area contributed by atoms with Gasteiger partial charge in [-0.05, 0) is 67.8 Å². The Bertz CT molecular complexity index is 1510. The molecule has 4 heterocycles. The number of H-pyrrole nitrogens is 1. The first-order chi connectivity index (χ1) is 17.9. The zero-order valence-corrected chi connectivity index (χ0v) is 20.2. The zero-order chi connectivity index (χ0) is 25.5. The van der Waals surface area contributed by atoms with E-state index in [0.29, 0.717) is 46.0 Å². The Morgan fingerprint density at radius 3 is 2.59 bits per heavy atom. The molecule has 1 atom stereocenters. The van der Waals surface area contributed by atoms with Crippen molar-refractivity contribution in [2.75, 3.05) is 26.2 Å². The molecule has 4 aromatic rings. The molecule has 2 aromatic heterocycles. The lowest BCUT2D eigenvalue weighted by molar-refractivity contribution is 0.0592. The molecule has 2 aliphatic rings. The van der Waals surface area contributed by atoms with E-state index in [1.54, 1.807) is 36.5 Å². The Morgan fingerprint density at radius 2 is 1.81 bits per heavy atom. The van der Waals surface area contributed by atoms with E-state index >= 15 is 0 Å². The molecule has 2 N–H and O–H groups in total. The number of nitrogens with one attached hydrogen (secondary N) is 1. The molecule has 6 rings (SSSR count). The van der Waals surface area contributed by atoms with Gasteiger partial charge < -0.3 is 15.0 Å². The van der Waals surface area contributed by atoms with Crippen molar-refractivity contribution in [3.8, 4) is 16.9 Å². The number of aromatic amines is 1. The zero-order valence-electron chi connectivity index (χ0n) is 20.2. The standard InChI is InChI=1S/C27H27FN6O3/c28-19-3-6-24-18(13-19)14-23(26(36)29-24)25-16-34(31-30-25)20-4-1-17(2-5-20)27(37)33-10-7-21(15-33)32-11-8-22(35)9-12-32/h1-6,13-14,16,21-22,35H,7-12,15H2,(H,29,36). The average Bonchev–Trinajstić information content (AvgIpc) is 3.59. The first-order valence-electron chi connectivity index (χ1n) is 12.5. The van der Waals surface area contributed by atoms with Crippen molar-refractivity contribution >= 4 is 16.8 Å². The number of carbonyl (C=O) groups is 1. The van der Waals surface area contributed by atoms with Gasteiger partial charge in [0.05, 0.1) is 23.6 Å². The van der Waals surface area contributed by atoms with Crippen molar-refractivity contribution in [2.45, 2.75) is 31.4 Å². The predicted molar refractivity (Wildman–Crippen MR) is 136 cm³/mol. The minimum Gasteiger partial charge on any atom is -0.393 e. The highest BCUT2D eigenvalue weighted by Gasteiger charge is 2.32. The van der Waals surface area contributed by atoms with Crippen molar-refractivity contribution in [1.29, 1.82) is 0 Å². The molecule has 0 radical (unpaired) electrons. The van der Waals surface area contributed by atoms with E-state index in [2.05, 4.69) is 20.2 Å². The number of likely N-dealkylation sites (tertiary alicyclic amines) is 2. The van der Waals surface area contributed by atoms with Gasteiger partial charge in [-0.1, -0.05) is 5.21 Å². The molecule has 2 aromatic carbocycles. The maximum Gasteiger partial charge on any atom is 0.258 e. The molecule has 1 unspecified atom stereocenters. The average molecular weight is 503 g/mol. The number of amides is 1. The van der Waals surface area contributed by atoms with Gasteiger partial charge in [-0.2, -0.15) is 0 Å². The summed E-state index contributed by atoms with van der Waals surface area (Å²) in [5, 5.41) is 18.6. The molecule has 0 aliphatic carbocycles. The Balaban J connectivity index is 1.16. The lowest BCUT2D eigenvalue weighted by Crippen LogP contribution is -2.44. The van der Waals surface area contributed by atoms with Crippen LogP contribution in [0.2, 0.25) is 0 Å². The summed E-state index contributed by atoms with van der Waals surface area (Å²) in [5.41, 5.74) is 2.17. The van der Waals surface area contributed by atoms with Crippen molar-refractivity contribution < 1.29 is 14.3 Å². The number of halogens is 1. The lowest BCUT2D eigenvalue weighted by atomic mass is 10.1. The number of hydrogen-bond acceptors (Lipinski definition) is 6. The Kier molecular flexibility index (Phi) is 6.05. The monoisotopic (exact) mass is 502 g/mol. The van der Waals surface area contributed by atoms with Crippen LogP contribution < -0.4 is 5.56 Å². The summed E-state index contributed by atoms with van der Waals surface area (Å²) in [5.74, 6) is -0.389. The van der Waals surface area contributed by atoms with Crippen LogP contribution in [0.15, 0.2) is 59.5 Å². The molecule has 37 heavy (non-hydrogen) atoms. The highest BCUT2D eigenvalue weighted by atomic mass is 19.1. The smallest absolute Gasteiger partial charge is 0.258 e. The molecular formula is C27H27FN6O3. The van der Waals surface area contributed by atoms with E-state index in [9.17, 15) is 19.1 Å². The number of aliphatic hydroxyl groups is 1. The van der Waals surface area contributed by atoms with Crippen LogP contribution in [0.4, 0.5) is 4.39 Å². The molecule has 0 spiro atoms. The fourth-order valence-corrected chi connectivity index (χ4v) is 5.30. The molecule has 2 saturated heterocycles. The SMILES string of the molecule is O=C(c1ccc(-n2cc(-c3cc4cc(F)ccc4[nH]c3=O)nn2)cc1)N1CCC(N2CCC(O)CC2)C1. The largest absolute Gasteiger partial charge is 0.393 e. The summed E-state index contributed by atoms with van der Waals surface area (Å²) in [6.07, 6.45) is 3.97. The maximum absolute atomic E-state index is 13.6. The number of piperidine rings is 1. The number of carbonyl (C=O) groups excluding carboxylic acids is 1. The summed E-state index contributed by atoms with van der Waals surface area (Å²) in [7, 11) is 0. The molecule has 10 heteroatoms. The number of hydrogen-bond donors (Lipinski definition) is 2. The van der Waals surface area contributed by atoms with Crippen LogP contribution in [0.1, 0.15) is 29.6 Å². The number of aliphatic hydroxyl groups excluding tert-OH is 1. The third kappa shape index (κ3) is 4.65. The second-order valence-corrected chi connectivity index (χ2v) is 9.80. The van der Waals surface area contributed by atoms with Crippen LogP contribution in [0.25, 0.3) is 27.8 Å². The topological polar surface area (TPSA) is 107 Å². The number of aromatic nitrogens is 4. The number of rotatable bonds is 4. The first-order valence-corrected chi connectivity index (χ1v) is 12.5. The Morgan fingerprint density at radius 1 is 1.03 bits per heavy atom. The minimum absolute atomic E-state index is 0.000281. The van der Waals surface area contributed by atoms with Gasteiger partial charge in [0.2, 0.25) is 0 Å². The highest BCUT2D eigenvalue weighted by molar-refractivity contribution is 5.94. The summed E-state index contributed by atoms with van der Waals surface area (Å²) in [6, 6.07) is 13.3. The van der Waals surface area contributed by atoms with Gasteiger partial charge in [-0.25, -0.2) is 9.07 Å². The van der Waals surface area contributed by atoms with E-state index in [4.69, 9.17) is 0 Å². The van der Waals surface area contributed by atoms with E-state index in [1.807, 2.05) is 4.90 Å². The van der Waals surface area contributed by atoms with E-state index in [0.717, 1.165) is 38.9 Å². The van der Waals surface area contributed by atoms with Crippen LogP contribution in [0, 0.1) is 5.82 Å². The van der Waals surface area contributed by atoms with E-state index in [1.165, 1.54) is 22.9 Å². The highest BCUT2D eigenvalue weighted by Crippen LogP contribution is 2.23. The van der Waals surface area contributed by atoms with Gasteiger partial charge in [0.25, 0.3) is 11.5 Å². The quantitative estimate of drug-likeness (QED) is 0.444. The van der Waals surface area contributed by atoms with Crippen molar-refractivity contribution in [2.24, 2.45) is 0 Å². The van der Waals surface area contributed by atoms with Gasteiger partial charge in [0.15, 0.2) is 0 Å². The third-order valence-corrected chi connectivity index (χ3v) is 7.42. The molecule has 9 nitrogen and oxygen atoms in total. The normalized spacial score (nSPS) is 19.1. The first kappa shape index (κ1) is 23.5. The van der Waals surface area contributed by atoms with E-state index in [-0.39, 0.29) is 23.4 Å². The van der Waals surface area contributed by atoms with Crippen molar-refractivity contribution in [3.63, 3.8) is 0 Å². The van der Waals surface area contributed by atoms with Gasteiger partial charge in [-0.3, -0.25) is 14.5 Å². The number of pyridine rings is 1. The number of nitrogens with zero attached hydrogens (tertiary/aromatic N) is 5. The number of benzene rings is 2. The summed E-state index contributed by atoms with van der Waals surface area (Å²) in [4.78, 5) is 32.7. The van der Waals surface area contributed by atoms with Crippen LogP contribution >= 0.6 is 0 Å². The number of fused-ring (bicyclic) bond motifs is 1. The molecule has 0 saturated carbocycles. The fourth-order valence-electron chi connectivity index (χ4n) is 5.30.